The first-order chi connectivity index (χ1) is 11.8. The molecule has 25 heavy (non-hydrogen) atoms. The Bertz CT molecular complexity index is 684. The third-order valence-electron chi connectivity index (χ3n) is 5.01. The van der Waals surface area contributed by atoms with Crippen molar-refractivity contribution in [3.63, 3.8) is 0 Å². The van der Waals surface area contributed by atoms with Crippen LogP contribution in [-0.4, -0.2) is 59.2 Å². The number of rotatable bonds is 3. The number of nitrogens with zero attached hydrogens (tertiary/aromatic N) is 2. The molecule has 1 N–H and O–H groups in total. The number of fused-ring (bicyclic) bond motifs is 1. The number of benzene rings is 1. The van der Waals surface area contributed by atoms with Crippen LogP contribution in [0.2, 0.25) is 0 Å². The van der Waals surface area contributed by atoms with Gasteiger partial charge in [0, 0.05) is 31.6 Å². The van der Waals surface area contributed by atoms with Crippen LogP contribution in [0.4, 0.5) is 0 Å². The lowest BCUT2D eigenvalue weighted by atomic mass is 10.0. The van der Waals surface area contributed by atoms with Crippen LogP contribution in [0.15, 0.2) is 24.3 Å². The summed E-state index contributed by atoms with van der Waals surface area (Å²) in [6.07, 6.45) is 0.696. The van der Waals surface area contributed by atoms with E-state index in [9.17, 15) is 14.4 Å². The lowest BCUT2D eigenvalue weighted by Gasteiger charge is -2.36. The zero-order valence-electron chi connectivity index (χ0n) is 15.0. The van der Waals surface area contributed by atoms with E-state index in [1.807, 2.05) is 24.3 Å². The van der Waals surface area contributed by atoms with Crippen LogP contribution in [0.5, 0.6) is 0 Å². The summed E-state index contributed by atoms with van der Waals surface area (Å²) in [6.45, 7) is 6.87. The molecule has 134 valence electrons. The Kier molecular flexibility index (Phi) is 4.79. The molecule has 0 bridgehead atoms. The highest BCUT2D eigenvalue weighted by atomic mass is 16.2. The first-order valence-corrected chi connectivity index (χ1v) is 8.81. The standard InChI is InChI=1S/C19H25N3O3/c1-12(2)14-4-6-15(7-5-14)19(25)21-10-17-8-16(20-13(3)23)9-22(17)18(24)11-21/h4-7,12,16-17H,8-11H2,1-3H3,(H,20,23)/t16-,17-/m0/s1. The number of piperazine rings is 1. The lowest BCUT2D eigenvalue weighted by Crippen LogP contribution is -2.55. The summed E-state index contributed by atoms with van der Waals surface area (Å²) in [5, 5.41) is 2.87. The fourth-order valence-corrected chi connectivity index (χ4v) is 3.71. The van der Waals surface area contributed by atoms with Gasteiger partial charge in [0.2, 0.25) is 11.8 Å². The van der Waals surface area contributed by atoms with Gasteiger partial charge in [-0.2, -0.15) is 0 Å². The van der Waals surface area contributed by atoms with E-state index in [0.717, 1.165) is 0 Å². The van der Waals surface area contributed by atoms with Gasteiger partial charge in [0.15, 0.2) is 0 Å². The van der Waals surface area contributed by atoms with E-state index in [1.54, 1.807) is 9.80 Å². The molecule has 2 saturated heterocycles. The topological polar surface area (TPSA) is 69.7 Å². The molecular weight excluding hydrogens is 318 g/mol. The van der Waals surface area contributed by atoms with Crippen molar-refractivity contribution < 1.29 is 14.4 Å². The van der Waals surface area contributed by atoms with Gasteiger partial charge in [0.1, 0.15) is 6.54 Å². The first kappa shape index (κ1) is 17.5. The van der Waals surface area contributed by atoms with Crippen LogP contribution in [-0.2, 0) is 9.59 Å². The van der Waals surface area contributed by atoms with E-state index in [1.165, 1.54) is 12.5 Å². The van der Waals surface area contributed by atoms with Crippen molar-refractivity contribution in [1.82, 2.24) is 15.1 Å². The Labute approximate surface area is 148 Å². The maximum Gasteiger partial charge on any atom is 0.254 e. The van der Waals surface area contributed by atoms with Crippen molar-refractivity contribution in [2.75, 3.05) is 19.6 Å². The van der Waals surface area contributed by atoms with Gasteiger partial charge in [0.25, 0.3) is 5.91 Å². The monoisotopic (exact) mass is 343 g/mol. The molecule has 6 nitrogen and oxygen atoms in total. The Morgan fingerprint density at radius 1 is 1.16 bits per heavy atom. The second-order valence-corrected chi connectivity index (χ2v) is 7.30. The summed E-state index contributed by atoms with van der Waals surface area (Å²) in [7, 11) is 0. The second-order valence-electron chi connectivity index (χ2n) is 7.30. The van der Waals surface area contributed by atoms with Crippen molar-refractivity contribution >= 4 is 17.7 Å². The summed E-state index contributed by atoms with van der Waals surface area (Å²) in [5.74, 6) is 0.177. The normalized spacial score (nSPS) is 23.0. The summed E-state index contributed by atoms with van der Waals surface area (Å²) < 4.78 is 0. The number of carbonyl (C=O) groups is 3. The average molecular weight is 343 g/mol. The average Bonchev–Trinajstić information content (AvgIpc) is 2.96. The van der Waals surface area contributed by atoms with Crippen LogP contribution >= 0.6 is 0 Å². The van der Waals surface area contributed by atoms with Gasteiger partial charge < -0.3 is 15.1 Å². The predicted octanol–water partition coefficient (Wildman–Crippen LogP) is 1.37. The minimum absolute atomic E-state index is 0.0167. The summed E-state index contributed by atoms with van der Waals surface area (Å²) >= 11 is 0. The molecule has 3 amide bonds. The lowest BCUT2D eigenvalue weighted by molar-refractivity contribution is -0.136. The van der Waals surface area contributed by atoms with Crippen molar-refractivity contribution in [2.45, 2.75) is 45.2 Å². The molecule has 0 saturated carbocycles. The first-order valence-electron chi connectivity index (χ1n) is 8.81. The molecule has 1 aromatic carbocycles. The minimum Gasteiger partial charge on any atom is -0.352 e. The van der Waals surface area contributed by atoms with Crippen LogP contribution in [0.3, 0.4) is 0 Å². The molecule has 2 aliphatic heterocycles. The molecule has 0 unspecified atom stereocenters. The molecule has 0 aliphatic carbocycles. The molecule has 2 aliphatic rings. The van der Waals surface area contributed by atoms with Gasteiger partial charge >= 0.3 is 0 Å². The van der Waals surface area contributed by atoms with Crippen LogP contribution < -0.4 is 5.32 Å². The minimum atomic E-state index is -0.105. The maximum absolute atomic E-state index is 12.8. The molecule has 6 heteroatoms. The van der Waals surface area contributed by atoms with E-state index in [-0.39, 0.29) is 36.3 Å². The van der Waals surface area contributed by atoms with Gasteiger partial charge in [-0.3, -0.25) is 14.4 Å². The largest absolute Gasteiger partial charge is 0.352 e. The molecule has 0 radical (unpaired) electrons. The molecule has 2 fully saturated rings. The molecule has 0 aromatic heterocycles. The Morgan fingerprint density at radius 2 is 1.84 bits per heavy atom. The third kappa shape index (κ3) is 3.67. The van der Waals surface area contributed by atoms with Crippen LogP contribution in [0.1, 0.15) is 49.0 Å². The Hall–Kier alpha value is -2.37. The molecular formula is C19H25N3O3. The smallest absolute Gasteiger partial charge is 0.254 e. The quantitative estimate of drug-likeness (QED) is 0.901. The van der Waals surface area contributed by atoms with Crippen molar-refractivity contribution in [3.8, 4) is 0 Å². The zero-order chi connectivity index (χ0) is 18.1. The maximum atomic E-state index is 12.8. The van der Waals surface area contributed by atoms with Crippen LogP contribution in [0.25, 0.3) is 0 Å². The molecule has 2 heterocycles. The predicted molar refractivity (Wildman–Crippen MR) is 94.2 cm³/mol. The summed E-state index contributed by atoms with van der Waals surface area (Å²) in [6, 6.07) is 7.58. The van der Waals surface area contributed by atoms with E-state index < -0.39 is 0 Å². The third-order valence-corrected chi connectivity index (χ3v) is 5.01. The van der Waals surface area contributed by atoms with Gasteiger partial charge in [-0.25, -0.2) is 0 Å². The Balaban J connectivity index is 1.69. The number of hydrogen-bond donors (Lipinski definition) is 1. The number of carbonyl (C=O) groups excluding carboxylic acids is 3. The SMILES string of the molecule is CC(=O)N[C@H]1C[C@H]2CN(C(=O)c3ccc(C(C)C)cc3)CC(=O)N2C1. The van der Waals surface area contributed by atoms with E-state index >= 15 is 0 Å². The van der Waals surface area contributed by atoms with Crippen molar-refractivity contribution in [1.29, 1.82) is 0 Å². The molecule has 1 aromatic rings. The number of hydrogen-bond acceptors (Lipinski definition) is 3. The molecule has 2 atom stereocenters. The van der Waals surface area contributed by atoms with E-state index in [4.69, 9.17) is 0 Å². The second kappa shape index (κ2) is 6.86. The summed E-state index contributed by atoms with van der Waals surface area (Å²) in [5.41, 5.74) is 1.80. The van der Waals surface area contributed by atoms with Gasteiger partial charge in [0.05, 0.1) is 6.04 Å². The number of amides is 3. The van der Waals surface area contributed by atoms with Gasteiger partial charge in [-0.15, -0.1) is 0 Å². The van der Waals surface area contributed by atoms with Crippen molar-refractivity contribution in [2.24, 2.45) is 0 Å². The van der Waals surface area contributed by atoms with Gasteiger partial charge in [-0.05, 0) is 30.0 Å². The number of nitrogens with one attached hydrogen (secondary N) is 1. The highest BCUT2D eigenvalue weighted by Gasteiger charge is 2.41. The fourth-order valence-electron chi connectivity index (χ4n) is 3.71. The Morgan fingerprint density at radius 3 is 2.44 bits per heavy atom. The van der Waals surface area contributed by atoms with Gasteiger partial charge in [-0.1, -0.05) is 26.0 Å². The van der Waals surface area contributed by atoms with E-state index in [2.05, 4.69) is 19.2 Å². The highest BCUT2D eigenvalue weighted by Crippen LogP contribution is 2.24. The van der Waals surface area contributed by atoms with E-state index in [0.29, 0.717) is 31.0 Å². The summed E-state index contributed by atoms with van der Waals surface area (Å²) in [4.78, 5) is 39.8. The zero-order valence-corrected chi connectivity index (χ0v) is 15.0. The highest BCUT2D eigenvalue weighted by molar-refractivity contribution is 5.97. The van der Waals surface area contributed by atoms with Crippen LogP contribution in [0, 0.1) is 0 Å². The molecule has 3 rings (SSSR count). The fraction of sp³-hybridized carbons (Fsp3) is 0.526. The molecule has 0 spiro atoms. The van der Waals surface area contributed by atoms with Crippen molar-refractivity contribution in [3.05, 3.63) is 35.4 Å².